The Kier molecular flexibility index (Phi) is 5.02. The van der Waals surface area contributed by atoms with Crippen molar-refractivity contribution in [3.05, 3.63) is 59.1 Å². The highest BCUT2D eigenvalue weighted by atomic mass is 16.5. The highest BCUT2D eigenvalue weighted by Gasteiger charge is 2.08. The van der Waals surface area contributed by atoms with Crippen LogP contribution in [0.2, 0.25) is 0 Å². The van der Waals surface area contributed by atoms with Crippen LogP contribution in [0.25, 0.3) is 6.08 Å². The van der Waals surface area contributed by atoms with Crippen LogP contribution in [0.1, 0.15) is 29.6 Å². The summed E-state index contributed by atoms with van der Waals surface area (Å²) in [6, 6.07) is 10.1. The van der Waals surface area contributed by atoms with Crippen LogP contribution in [0.15, 0.2) is 40.8 Å². The van der Waals surface area contributed by atoms with Crippen LogP contribution in [-0.4, -0.2) is 7.05 Å². The summed E-state index contributed by atoms with van der Waals surface area (Å²) < 4.78 is 11.6. The number of benzene rings is 1. The summed E-state index contributed by atoms with van der Waals surface area (Å²) in [7, 11) is 1.90. The van der Waals surface area contributed by atoms with Gasteiger partial charge in [-0.2, -0.15) is 0 Å². The van der Waals surface area contributed by atoms with Crippen LogP contribution in [0.4, 0.5) is 0 Å². The monoisotopic (exact) mass is 271 g/mol. The zero-order valence-electron chi connectivity index (χ0n) is 12.3. The van der Waals surface area contributed by atoms with Gasteiger partial charge in [-0.1, -0.05) is 30.4 Å². The SMILES string of the molecule is CC=Cc1ccccc1OCc1cc(CNC)oc1C. The summed E-state index contributed by atoms with van der Waals surface area (Å²) in [5.74, 6) is 2.74. The molecule has 0 unspecified atom stereocenters. The van der Waals surface area contributed by atoms with E-state index in [4.69, 9.17) is 9.15 Å². The second-order valence-corrected chi connectivity index (χ2v) is 4.65. The number of aryl methyl sites for hydroxylation is 1. The van der Waals surface area contributed by atoms with Crippen LogP contribution in [0.3, 0.4) is 0 Å². The van der Waals surface area contributed by atoms with E-state index in [1.54, 1.807) is 0 Å². The van der Waals surface area contributed by atoms with Gasteiger partial charge in [-0.05, 0) is 33.0 Å². The fourth-order valence-corrected chi connectivity index (χ4v) is 2.08. The molecule has 1 aromatic carbocycles. The maximum atomic E-state index is 5.92. The molecule has 1 aromatic heterocycles. The van der Waals surface area contributed by atoms with Crippen molar-refractivity contribution in [2.75, 3.05) is 7.05 Å². The first-order chi connectivity index (χ1) is 9.74. The van der Waals surface area contributed by atoms with Gasteiger partial charge in [0.1, 0.15) is 23.9 Å². The van der Waals surface area contributed by atoms with Gasteiger partial charge in [-0.25, -0.2) is 0 Å². The summed E-state index contributed by atoms with van der Waals surface area (Å²) in [6.45, 7) is 5.22. The van der Waals surface area contributed by atoms with Gasteiger partial charge in [0.05, 0.1) is 6.54 Å². The van der Waals surface area contributed by atoms with E-state index in [9.17, 15) is 0 Å². The third kappa shape index (κ3) is 3.52. The molecule has 2 aromatic rings. The van der Waals surface area contributed by atoms with Crippen LogP contribution in [0, 0.1) is 6.92 Å². The maximum absolute atomic E-state index is 5.92. The van der Waals surface area contributed by atoms with Crippen molar-refractivity contribution in [1.82, 2.24) is 5.32 Å². The number of hydrogen-bond donors (Lipinski definition) is 1. The Morgan fingerprint density at radius 2 is 2.10 bits per heavy atom. The van der Waals surface area contributed by atoms with Gasteiger partial charge in [0.2, 0.25) is 0 Å². The average Bonchev–Trinajstić information content (AvgIpc) is 2.79. The standard InChI is InChI=1S/C17H21NO2/c1-4-7-14-8-5-6-9-17(14)19-12-15-10-16(11-18-3)20-13(15)2/h4-10,18H,11-12H2,1-3H3. The van der Waals surface area contributed by atoms with E-state index in [2.05, 4.69) is 5.32 Å². The second kappa shape index (κ2) is 6.96. The van der Waals surface area contributed by atoms with E-state index < -0.39 is 0 Å². The van der Waals surface area contributed by atoms with Gasteiger partial charge < -0.3 is 14.5 Å². The fourth-order valence-electron chi connectivity index (χ4n) is 2.08. The van der Waals surface area contributed by atoms with Gasteiger partial charge in [0.25, 0.3) is 0 Å². The zero-order valence-corrected chi connectivity index (χ0v) is 12.3. The molecule has 0 bridgehead atoms. The number of allylic oxidation sites excluding steroid dienone is 1. The molecule has 0 saturated carbocycles. The van der Waals surface area contributed by atoms with Gasteiger partial charge in [-0.15, -0.1) is 0 Å². The molecular formula is C17H21NO2. The molecule has 0 amide bonds. The third-order valence-corrected chi connectivity index (χ3v) is 3.07. The van der Waals surface area contributed by atoms with E-state index in [1.807, 2.05) is 63.4 Å². The second-order valence-electron chi connectivity index (χ2n) is 4.65. The summed E-state index contributed by atoms with van der Waals surface area (Å²) in [5, 5.41) is 3.08. The molecule has 0 saturated heterocycles. The molecule has 0 radical (unpaired) electrons. The molecule has 0 aliphatic carbocycles. The Bertz CT molecular complexity index is 584. The molecular weight excluding hydrogens is 250 g/mol. The molecule has 1 N–H and O–H groups in total. The Morgan fingerprint density at radius 3 is 2.85 bits per heavy atom. The first kappa shape index (κ1) is 14.4. The number of rotatable bonds is 6. The quantitative estimate of drug-likeness (QED) is 0.864. The van der Waals surface area contributed by atoms with Crippen LogP contribution >= 0.6 is 0 Å². The molecule has 1 heterocycles. The summed E-state index contributed by atoms with van der Waals surface area (Å²) in [5.41, 5.74) is 2.18. The summed E-state index contributed by atoms with van der Waals surface area (Å²) in [6.07, 6.45) is 4.06. The lowest BCUT2D eigenvalue weighted by Gasteiger charge is -2.08. The smallest absolute Gasteiger partial charge is 0.127 e. The molecule has 0 aliphatic heterocycles. The molecule has 0 fully saturated rings. The molecule has 0 aliphatic rings. The topological polar surface area (TPSA) is 34.4 Å². The number of ether oxygens (including phenoxy) is 1. The lowest BCUT2D eigenvalue weighted by Crippen LogP contribution is -2.03. The minimum Gasteiger partial charge on any atom is -0.488 e. The lowest BCUT2D eigenvalue weighted by atomic mass is 10.2. The van der Waals surface area contributed by atoms with Crippen molar-refractivity contribution in [1.29, 1.82) is 0 Å². The van der Waals surface area contributed by atoms with E-state index >= 15 is 0 Å². The largest absolute Gasteiger partial charge is 0.488 e. The van der Waals surface area contributed by atoms with E-state index in [-0.39, 0.29) is 0 Å². The fraction of sp³-hybridized carbons (Fsp3) is 0.294. The predicted molar refractivity (Wildman–Crippen MR) is 81.7 cm³/mol. The Hall–Kier alpha value is -2.00. The predicted octanol–water partition coefficient (Wildman–Crippen LogP) is 3.92. The zero-order chi connectivity index (χ0) is 14.4. The highest BCUT2D eigenvalue weighted by Crippen LogP contribution is 2.22. The molecule has 106 valence electrons. The minimum absolute atomic E-state index is 0.521. The Balaban J connectivity index is 2.09. The first-order valence-electron chi connectivity index (χ1n) is 6.82. The Morgan fingerprint density at radius 1 is 1.30 bits per heavy atom. The molecule has 3 nitrogen and oxygen atoms in total. The van der Waals surface area contributed by atoms with Crippen LogP contribution < -0.4 is 10.1 Å². The summed E-state index contributed by atoms with van der Waals surface area (Å²) >= 11 is 0. The number of para-hydroxylation sites is 1. The lowest BCUT2D eigenvalue weighted by molar-refractivity contribution is 0.302. The number of furan rings is 1. The van der Waals surface area contributed by atoms with Crippen molar-refractivity contribution < 1.29 is 9.15 Å². The van der Waals surface area contributed by atoms with Crippen molar-refractivity contribution >= 4 is 6.08 Å². The van der Waals surface area contributed by atoms with Crippen LogP contribution in [-0.2, 0) is 13.2 Å². The van der Waals surface area contributed by atoms with Gasteiger partial charge in [-0.3, -0.25) is 0 Å². The molecule has 3 heteroatoms. The van der Waals surface area contributed by atoms with Crippen LogP contribution in [0.5, 0.6) is 5.75 Å². The third-order valence-electron chi connectivity index (χ3n) is 3.07. The summed E-state index contributed by atoms with van der Waals surface area (Å²) in [4.78, 5) is 0. The van der Waals surface area contributed by atoms with Crippen molar-refractivity contribution in [3.63, 3.8) is 0 Å². The normalized spacial score (nSPS) is 11.2. The number of hydrogen-bond acceptors (Lipinski definition) is 3. The van der Waals surface area contributed by atoms with Crippen molar-refractivity contribution in [3.8, 4) is 5.75 Å². The molecule has 0 spiro atoms. The molecule has 20 heavy (non-hydrogen) atoms. The van der Waals surface area contributed by atoms with Gasteiger partial charge in [0, 0.05) is 11.1 Å². The molecule has 2 rings (SSSR count). The van der Waals surface area contributed by atoms with E-state index in [0.29, 0.717) is 6.61 Å². The maximum Gasteiger partial charge on any atom is 0.127 e. The van der Waals surface area contributed by atoms with Crippen molar-refractivity contribution in [2.24, 2.45) is 0 Å². The number of nitrogens with one attached hydrogen (secondary N) is 1. The minimum atomic E-state index is 0.521. The van der Waals surface area contributed by atoms with Gasteiger partial charge >= 0.3 is 0 Å². The highest BCUT2D eigenvalue weighted by molar-refractivity contribution is 5.56. The van der Waals surface area contributed by atoms with Gasteiger partial charge in [0.15, 0.2) is 0 Å². The van der Waals surface area contributed by atoms with Crippen molar-refractivity contribution in [2.45, 2.75) is 27.0 Å². The molecule has 0 atom stereocenters. The Labute approximate surface area is 120 Å². The average molecular weight is 271 g/mol. The van der Waals surface area contributed by atoms with E-state index in [1.165, 1.54) is 0 Å². The van der Waals surface area contributed by atoms with E-state index in [0.717, 1.165) is 34.9 Å². The first-order valence-corrected chi connectivity index (χ1v) is 6.82.